The number of pyridine rings is 1. The van der Waals surface area contributed by atoms with Gasteiger partial charge in [-0.3, -0.25) is 4.79 Å². The van der Waals surface area contributed by atoms with Crippen molar-refractivity contribution in [3.8, 4) is 28.0 Å². The Kier molecular flexibility index (Phi) is 7.13. The van der Waals surface area contributed by atoms with Gasteiger partial charge in [0.1, 0.15) is 11.6 Å². The standard InChI is InChI=1S/C30H30ClFN2O2/c1-18-13-19(2)15-21(14-18)28-29(36-12-10-23-5-3-4-11-33-23)25-16-24(20-6-8-22(32)9-7-20)26(31)17-27(25)34-30(28)35/h6-9,13-17,23,33H,3-5,10-12H2,1-2H3,(H,34,35)/t23-/m1/s1. The Morgan fingerprint density at radius 3 is 2.44 bits per heavy atom. The number of aromatic amines is 1. The lowest BCUT2D eigenvalue weighted by molar-refractivity contribution is 0.271. The number of hydrogen-bond donors (Lipinski definition) is 2. The molecule has 6 heteroatoms. The van der Waals surface area contributed by atoms with E-state index in [-0.39, 0.29) is 11.4 Å². The zero-order chi connectivity index (χ0) is 25.2. The first-order chi connectivity index (χ1) is 17.4. The number of aryl methyl sites for hydroxylation is 2. The first kappa shape index (κ1) is 24.5. The number of rotatable bonds is 6. The van der Waals surface area contributed by atoms with Gasteiger partial charge in [0.05, 0.1) is 22.7 Å². The average Bonchev–Trinajstić information content (AvgIpc) is 2.84. The van der Waals surface area contributed by atoms with Gasteiger partial charge in [-0.25, -0.2) is 4.39 Å². The molecule has 1 saturated heterocycles. The molecule has 1 aromatic heterocycles. The number of ether oxygens (including phenoxy) is 1. The molecule has 0 radical (unpaired) electrons. The molecule has 0 saturated carbocycles. The normalized spacial score (nSPS) is 15.8. The zero-order valence-electron chi connectivity index (χ0n) is 20.6. The van der Waals surface area contributed by atoms with E-state index in [1.807, 2.05) is 32.0 Å². The van der Waals surface area contributed by atoms with E-state index in [4.69, 9.17) is 16.3 Å². The van der Waals surface area contributed by atoms with Crippen molar-refractivity contribution in [2.75, 3.05) is 13.2 Å². The third-order valence-electron chi connectivity index (χ3n) is 6.84. The van der Waals surface area contributed by atoms with Crippen LogP contribution in [0.4, 0.5) is 4.39 Å². The van der Waals surface area contributed by atoms with Crippen LogP contribution in [0, 0.1) is 19.7 Å². The minimum Gasteiger partial charge on any atom is -0.492 e. The van der Waals surface area contributed by atoms with Gasteiger partial charge in [0.15, 0.2) is 0 Å². The highest BCUT2D eigenvalue weighted by Gasteiger charge is 2.20. The Labute approximate surface area is 215 Å². The summed E-state index contributed by atoms with van der Waals surface area (Å²) in [7, 11) is 0. The summed E-state index contributed by atoms with van der Waals surface area (Å²) in [5.41, 5.74) is 5.41. The molecular weight excluding hydrogens is 475 g/mol. The number of nitrogens with one attached hydrogen (secondary N) is 2. The van der Waals surface area contributed by atoms with Crippen LogP contribution in [0.1, 0.15) is 36.8 Å². The summed E-state index contributed by atoms with van der Waals surface area (Å²) in [6.07, 6.45) is 4.42. The Bertz CT molecular complexity index is 1440. The average molecular weight is 505 g/mol. The van der Waals surface area contributed by atoms with Crippen molar-refractivity contribution in [1.29, 1.82) is 0 Å². The van der Waals surface area contributed by atoms with Crippen LogP contribution in [0.3, 0.4) is 0 Å². The van der Waals surface area contributed by atoms with Crippen LogP contribution in [0.5, 0.6) is 5.75 Å². The maximum atomic E-state index is 13.6. The van der Waals surface area contributed by atoms with Crippen molar-refractivity contribution in [1.82, 2.24) is 10.3 Å². The molecule has 4 aromatic rings. The Hall–Kier alpha value is -3.15. The Morgan fingerprint density at radius 1 is 1.00 bits per heavy atom. The van der Waals surface area contributed by atoms with Gasteiger partial charge in [0.25, 0.3) is 5.56 Å². The molecule has 1 atom stereocenters. The highest BCUT2D eigenvalue weighted by Crippen LogP contribution is 2.39. The lowest BCUT2D eigenvalue weighted by Gasteiger charge is -2.24. The van der Waals surface area contributed by atoms with Crippen LogP contribution < -0.4 is 15.6 Å². The van der Waals surface area contributed by atoms with Gasteiger partial charge in [0.2, 0.25) is 0 Å². The number of piperidine rings is 1. The lowest BCUT2D eigenvalue weighted by Crippen LogP contribution is -2.35. The van der Waals surface area contributed by atoms with E-state index in [1.165, 1.54) is 25.0 Å². The summed E-state index contributed by atoms with van der Waals surface area (Å²) >= 11 is 6.62. The quantitative estimate of drug-likeness (QED) is 0.292. The second-order valence-corrected chi connectivity index (χ2v) is 10.1. The van der Waals surface area contributed by atoms with Crippen molar-refractivity contribution in [3.63, 3.8) is 0 Å². The monoisotopic (exact) mass is 504 g/mol. The fraction of sp³-hybridized carbons (Fsp3) is 0.300. The summed E-state index contributed by atoms with van der Waals surface area (Å²) in [5, 5.41) is 4.80. The summed E-state index contributed by atoms with van der Waals surface area (Å²) in [6.45, 7) is 5.56. The van der Waals surface area contributed by atoms with Crippen LogP contribution in [0.25, 0.3) is 33.2 Å². The van der Waals surface area contributed by atoms with Gasteiger partial charge >= 0.3 is 0 Å². The summed E-state index contributed by atoms with van der Waals surface area (Å²) in [4.78, 5) is 16.4. The fourth-order valence-corrected chi connectivity index (χ4v) is 5.42. The highest BCUT2D eigenvalue weighted by atomic mass is 35.5. The molecule has 1 aliphatic heterocycles. The topological polar surface area (TPSA) is 54.1 Å². The van der Waals surface area contributed by atoms with Crippen LogP contribution in [-0.4, -0.2) is 24.2 Å². The van der Waals surface area contributed by atoms with Crippen molar-refractivity contribution in [2.24, 2.45) is 0 Å². The lowest BCUT2D eigenvalue weighted by atomic mass is 9.97. The molecule has 0 spiro atoms. The number of hydrogen-bond acceptors (Lipinski definition) is 3. The first-order valence-electron chi connectivity index (χ1n) is 12.5. The minimum atomic E-state index is -0.308. The number of aromatic nitrogens is 1. The molecule has 5 rings (SSSR count). The molecule has 4 nitrogen and oxygen atoms in total. The Morgan fingerprint density at radius 2 is 1.75 bits per heavy atom. The molecule has 36 heavy (non-hydrogen) atoms. The van der Waals surface area contributed by atoms with Gasteiger partial charge in [-0.05, 0) is 75.0 Å². The third-order valence-corrected chi connectivity index (χ3v) is 7.16. The minimum absolute atomic E-state index is 0.219. The number of H-pyrrole nitrogens is 1. The summed E-state index contributed by atoms with van der Waals surface area (Å²) in [6, 6.07) is 16.4. The predicted molar refractivity (Wildman–Crippen MR) is 146 cm³/mol. The number of fused-ring (bicyclic) bond motifs is 1. The molecule has 0 unspecified atom stereocenters. The molecule has 2 heterocycles. The van der Waals surface area contributed by atoms with Crippen molar-refractivity contribution >= 4 is 22.5 Å². The zero-order valence-corrected chi connectivity index (χ0v) is 21.3. The number of halogens is 2. The largest absolute Gasteiger partial charge is 0.492 e. The van der Waals surface area contributed by atoms with E-state index in [9.17, 15) is 9.18 Å². The smallest absolute Gasteiger partial charge is 0.260 e. The van der Waals surface area contributed by atoms with E-state index in [0.29, 0.717) is 34.5 Å². The van der Waals surface area contributed by atoms with E-state index < -0.39 is 0 Å². The summed E-state index contributed by atoms with van der Waals surface area (Å²) in [5.74, 6) is 0.243. The van der Waals surface area contributed by atoms with E-state index in [0.717, 1.165) is 52.6 Å². The number of benzene rings is 3. The molecule has 0 bridgehead atoms. The molecule has 2 N–H and O–H groups in total. The van der Waals surface area contributed by atoms with Gasteiger partial charge in [-0.2, -0.15) is 0 Å². The molecule has 0 amide bonds. The van der Waals surface area contributed by atoms with Crippen LogP contribution in [-0.2, 0) is 0 Å². The van der Waals surface area contributed by atoms with E-state index in [1.54, 1.807) is 18.2 Å². The SMILES string of the molecule is Cc1cc(C)cc(-c2c(OCC[C@H]3CCCCN3)c3cc(-c4ccc(F)cc4)c(Cl)cc3[nH]c2=O)c1. The second-order valence-electron chi connectivity index (χ2n) is 9.70. The van der Waals surface area contributed by atoms with Gasteiger partial charge in [0, 0.05) is 17.0 Å². The maximum Gasteiger partial charge on any atom is 0.260 e. The highest BCUT2D eigenvalue weighted by molar-refractivity contribution is 6.34. The third kappa shape index (κ3) is 5.18. The van der Waals surface area contributed by atoms with Crippen molar-refractivity contribution in [2.45, 2.75) is 45.6 Å². The van der Waals surface area contributed by atoms with Crippen LogP contribution in [0.2, 0.25) is 5.02 Å². The predicted octanol–water partition coefficient (Wildman–Crippen LogP) is 7.18. The van der Waals surface area contributed by atoms with Gasteiger partial charge < -0.3 is 15.0 Å². The molecule has 0 aliphatic carbocycles. The Balaban J connectivity index is 1.66. The molecule has 1 aliphatic rings. The molecule has 3 aromatic carbocycles. The van der Waals surface area contributed by atoms with Crippen LogP contribution >= 0.6 is 11.6 Å². The van der Waals surface area contributed by atoms with Gasteiger partial charge in [-0.1, -0.05) is 59.5 Å². The van der Waals surface area contributed by atoms with Crippen molar-refractivity contribution in [3.05, 3.63) is 86.9 Å². The second kappa shape index (κ2) is 10.5. The van der Waals surface area contributed by atoms with Crippen LogP contribution in [0.15, 0.2) is 59.4 Å². The first-order valence-corrected chi connectivity index (χ1v) is 12.9. The maximum absolute atomic E-state index is 13.6. The van der Waals surface area contributed by atoms with Crippen molar-refractivity contribution < 1.29 is 9.13 Å². The molecule has 186 valence electrons. The van der Waals surface area contributed by atoms with E-state index >= 15 is 0 Å². The van der Waals surface area contributed by atoms with E-state index in [2.05, 4.69) is 16.4 Å². The molecule has 1 fully saturated rings. The molecular formula is C30H30ClFN2O2. The fourth-order valence-electron chi connectivity index (χ4n) is 5.14. The summed E-state index contributed by atoms with van der Waals surface area (Å²) < 4.78 is 20.0. The van der Waals surface area contributed by atoms with Gasteiger partial charge in [-0.15, -0.1) is 0 Å².